The van der Waals surface area contributed by atoms with Gasteiger partial charge in [-0.25, -0.2) is 5.43 Å². The summed E-state index contributed by atoms with van der Waals surface area (Å²) in [5.74, 6) is 0.565. The number of rotatable bonds is 6. The Hall–Kier alpha value is -2.82. The lowest BCUT2D eigenvalue weighted by atomic mass is 10.2. The van der Waals surface area contributed by atoms with Gasteiger partial charge in [-0.15, -0.1) is 0 Å². The lowest BCUT2D eigenvalue weighted by molar-refractivity contribution is -0.119. The topological polar surface area (TPSA) is 62.7 Å². The van der Waals surface area contributed by atoms with Crippen molar-refractivity contribution in [3.05, 3.63) is 60.2 Å². The number of nitrogens with zero attached hydrogens (tertiary/aromatic N) is 1. The molecule has 21 heavy (non-hydrogen) atoms. The molecule has 0 heterocycles. The van der Waals surface area contributed by atoms with Gasteiger partial charge in [-0.05, 0) is 29.8 Å². The van der Waals surface area contributed by atoms with E-state index in [-0.39, 0.29) is 12.5 Å². The number of methoxy groups -OCH3 is 1. The Morgan fingerprint density at radius 2 is 1.86 bits per heavy atom. The van der Waals surface area contributed by atoms with Crippen molar-refractivity contribution in [2.75, 3.05) is 19.0 Å². The molecule has 0 unspecified atom stereocenters. The number of hydrogen-bond donors (Lipinski definition) is 2. The van der Waals surface area contributed by atoms with Gasteiger partial charge in [-0.3, -0.25) is 4.79 Å². The molecule has 0 atom stereocenters. The van der Waals surface area contributed by atoms with Gasteiger partial charge in [-0.2, -0.15) is 5.10 Å². The fourth-order valence-corrected chi connectivity index (χ4v) is 1.65. The second-order valence-corrected chi connectivity index (χ2v) is 4.29. The van der Waals surface area contributed by atoms with Crippen molar-refractivity contribution >= 4 is 17.8 Å². The second-order valence-electron chi connectivity index (χ2n) is 4.29. The lowest BCUT2D eigenvalue weighted by Gasteiger charge is -2.06. The summed E-state index contributed by atoms with van der Waals surface area (Å²) in [5.41, 5.74) is 4.24. The highest BCUT2D eigenvalue weighted by Gasteiger charge is 1.99. The van der Waals surface area contributed by atoms with Gasteiger partial charge in [0.1, 0.15) is 5.75 Å². The van der Waals surface area contributed by atoms with E-state index in [2.05, 4.69) is 15.8 Å². The molecular weight excluding hydrogens is 266 g/mol. The van der Waals surface area contributed by atoms with Gasteiger partial charge in [0.05, 0.1) is 19.9 Å². The number of nitrogens with one attached hydrogen (secondary N) is 2. The maximum absolute atomic E-state index is 11.6. The van der Waals surface area contributed by atoms with Crippen molar-refractivity contribution in [3.63, 3.8) is 0 Å². The Morgan fingerprint density at radius 3 is 2.52 bits per heavy atom. The van der Waals surface area contributed by atoms with Gasteiger partial charge < -0.3 is 10.1 Å². The van der Waals surface area contributed by atoms with E-state index in [0.717, 1.165) is 17.0 Å². The van der Waals surface area contributed by atoms with Gasteiger partial charge >= 0.3 is 0 Å². The Balaban J connectivity index is 1.75. The van der Waals surface area contributed by atoms with Crippen LogP contribution in [0, 0.1) is 0 Å². The molecule has 5 nitrogen and oxygen atoms in total. The summed E-state index contributed by atoms with van der Waals surface area (Å²) in [6, 6.07) is 16.9. The Morgan fingerprint density at radius 1 is 1.14 bits per heavy atom. The number of benzene rings is 2. The average Bonchev–Trinajstić information content (AvgIpc) is 2.54. The first-order valence-electron chi connectivity index (χ1n) is 6.53. The summed E-state index contributed by atoms with van der Waals surface area (Å²) in [5, 5.41) is 6.90. The normalized spacial score (nSPS) is 10.3. The van der Waals surface area contributed by atoms with E-state index in [1.807, 2.05) is 54.6 Å². The standard InChI is InChI=1S/C16H17N3O2/c1-21-15-9-7-14(8-10-15)17-12-16(20)19-18-11-13-5-3-2-4-6-13/h2-11,17H,12H2,1H3,(H,19,20)/b18-11-. The smallest absolute Gasteiger partial charge is 0.259 e. The van der Waals surface area contributed by atoms with Gasteiger partial charge in [0.2, 0.25) is 0 Å². The van der Waals surface area contributed by atoms with E-state index in [1.54, 1.807) is 13.3 Å². The van der Waals surface area contributed by atoms with Crippen LogP contribution < -0.4 is 15.5 Å². The molecule has 108 valence electrons. The third kappa shape index (κ3) is 4.99. The van der Waals surface area contributed by atoms with Crippen LogP contribution in [0.1, 0.15) is 5.56 Å². The monoisotopic (exact) mass is 283 g/mol. The van der Waals surface area contributed by atoms with E-state index in [9.17, 15) is 4.79 Å². The molecular formula is C16H17N3O2. The summed E-state index contributed by atoms with van der Waals surface area (Å²) >= 11 is 0. The number of carbonyl (C=O) groups excluding carboxylic acids is 1. The fraction of sp³-hybridized carbons (Fsp3) is 0.125. The van der Waals surface area contributed by atoms with Gasteiger partial charge in [0, 0.05) is 5.69 Å². The molecule has 0 aliphatic heterocycles. The van der Waals surface area contributed by atoms with Crippen molar-refractivity contribution in [1.29, 1.82) is 0 Å². The van der Waals surface area contributed by atoms with Crippen molar-refractivity contribution in [2.24, 2.45) is 5.10 Å². The zero-order valence-electron chi connectivity index (χ0n) is 11.7. The minimum atomic E-state index is -0.210. The van der Waals surface area contributed by atoms with Crippen LogP contribution in [0.15, 0.2) is 59.7 Å². The number of hydrogen-bond acceptors (Lipinski definition) is 4. The molecule has 1 amide bonds. The van der Waals surface area contributed by atoms with Crippen molar-refractivity contribution in [3.8, 4) is 5.75 Å². The minimum absolute atomic E-state index is 0.151. The van der Waals surface area contributed by atoms with Crippen LogP contribution in [-0.2, 0) is 4.79 Å². The van der Waals surface area contributed by atoms with Crippen LogP contribution in [0.5, 0.6) is 5.75 Å². The number of hydrazone groups is 1. The summed E-state index contributed by atoms with van der Waals surface area (Å²) in [7, 11) is 1.61. The first-order valence-corrected chi connectivity index (χ1v) is 6.53. The summed E-state index contributed by atoms with van der Waals surface area (Å²) in [6.45, 7) is 0.151. The maximum Gasteiger partial charge on any atom is 0.259 e. The Bertz CT molecular complexity index is 595. The van der Waals surface area contributed by atoms with Crippen LogP contribution in [0.3, 0.4) is 0 Å². The Labute approximate surface area is 123 Å². The van der Waals surface area contributed by atoms with Crippen LogP contribution in [0.4, 0.5) is 5.69 Å². The fourth-order valence-electron chi connectivity index (χ4n) is 1.65. The lowest BCUT2D eigenvalue weighted by Crippen LogP contribution is -2.25. The summed E-state index contributed by atoms with van der Waals surface area (Å²) in [6.07, 6.45) is 1.60. The number of ether oxygens (including phenoxy) is 1. The van der Waals surface area contributed by atoms with Crippen LogP contribution in [0.2, 0.25) is 0 Å². The molecule has 2 rings (SSSR count). The molecule has 2 aromatic rings. The average molecular weight is 283 g/mol. The molecule has 0 spiro atoms. The van der Waals surface area contributed by atoms with Crippen LogP contribution in [-0.4, -0.2) is 25.8 Å². The molecule has 2 N–H and O–H groups in total. The van der Waals surface area contributed by atoms with E-state index >= 15 is 0 Å². The molecule has 0 aromatic heterocycles. The highest BCUT2D eigenvalue weighted by atomic mass is 16.5. The van der Waals surface area contributed by atoms with Crippen molar-refractivity contribution in [1.82, 2.24) is 5.43 Å². The molecule has 0 saturated carbocycles. The largest absolute Gasteiger partial charge is 0.497 e. The third-order valence-electron chi connectivity index (χ3n) is 2.75. The molecule has 5 heteroatoms. The molecule has 0 bridgehead atoms. The number of amides is 1. The summed E-state index contributed by atoms with van der Waals surface area (Å²) < 4.78 is 5.06. The van der Waals surface area contributed by atoms with E-state index < -0.39 is 0 Å². The van der Waals surface area contributed by atoms with E-state index in [1.165, 1.54) is 0 Å². The predicted molar refractivity (Wildman–Crippen MR) is 83.7 cm³/mol. The van der Waals surface area contributed by atoms with Gasteiger partial charge in [0.15, 0.2) is 0 Å². The minimum Gasteiger partial charge on any atom is -0.497 e. The quantitative estimate of drug-likeness (QED) is 0.631. The van der Waals surface area contributed by atoms with E-state index in [4.69, 9.17) is 4.74 Å². The zero-order chi connectivity index (χ0) is 14.9. The second kappa shape index (κ2) is 7.69. The Kier molecular flexibility index (Phi) is 5.34. The third-order valence-corrected chi connectivity index (χ3v) is 2.75. The number of carbonyl (C=O) groups is 1. The van der Waals surface area contributed by atoms with E-state index in [0.29, 0.717) is 0 Å². The predicted octanol–water partition coefficient (Wildman–Crippen LogP) is 2.26. The zero-order valence-corrected chi connectivity index (χ0v) is 11.7. The first kappa shape index (κ1) is 14.6. The maximum atomic E-state index is 11.6. The molecule has 0 saturated heterocycles. The van der Waals surface area contributed by atoms with Gasteiger partial charge in [-0.1, -0.05) is 30.3 Å². The first-order chi connectivity index (χ1) is 10.3. The number of anilines is 1. The molecule has 0 fully saturated rings. The van der Waals surface area contributed by atoms with Crippen LogP contribution >= 0.6 is 0 Å². The van der Waals surface area contributed by atoms with Crippen molar-refractivity contribution in [2.45, 2.75) is 0 Å². The molecule has 0 aliphatic carbocycles. The highest BCUT2D eigenvalue weighted by molar-refractivity contribution is 5.84. The highest BCUT2D eigenvalue weighted by Crippen LogP contribution is 2.14. The molecule has 0 radical (unpaired) electrons. The molecule has 0 aliphatic rings. The summed E-state index contributed by atoms with van der Waals surface area (Å²) in [4.78, 5) is 11.6. The van der Waals surface area contributed by atoms with Crippen LogP contribution in [0.25, 0.3) is 0 Å². The van der Waals surface area contributed by atoms with Crippen molar-refractivity contribution < 1.29 is 9.53 Å². The molecule has 2 aromatic carbocycles. The SMILES string of the molecule is COc1ccc(NCC(=O)N/N=C\c2ccccc2)cc1. The van der Waals surface area contributed by atoms with Gasteiger partial charge in [0.25, 0.3) is 5.91 Å².